The molecule has 108 valence electrons. The number of nitrogens with one attached hydrogen (secondary N) is 2. The van der Waals surface area contributed by atoms with Gasteiger partial charge < -0.3 is 15.5 Å². The molecule has 0 aromatic rings. The van der Waals surface area contributed by atoms with Gasteiger partial charge in [-0.25, -0.2) is 0 Å². The van der Waals surface area contributed by atoms with Crippen LogP contribution in [0.2, 0.25) is 0 Å². The van der Waals surface area contributed by atoms with E-state index >= 15 is 0 Å². The maximum atomic E-state index is 4.60. The van der Waals surface area contributed by atoms with Gasteiger partial charge in [0.25, 0.3) is 0 Å². The maximum absolute atomic E-state index is 4.60. The smallest absolute Gasteiger partial charge is 0.191 e. The van der Waals surface area contributed by atoms with Crippen LogP contribution in [-0.2, 0) is 0 Å². The van der Waals surface area contributed by atoms with E-state index in [-0.39, 0.29) is 5.54 Å². The van der Waals surface area contributed by atoms with Crippen LogP contribution in [0, 0.1) is 0 Å². The van der Waals surface area contributed by atoms with Crippen LogP contribution in [0.4, 0.5) is 0 Å². The zero-order valence-electron chi connectivity index (χ0n) is 13.1. The van der Waals surface area contributed by atoms with Crippen molar-refractivity contribution in [3.05, 3.63) is 0 Å². The van der Waals surface area contributed by atoms with Crippen LogP contribution >= 0.6 is 0 Å². The van der Waals surface area contributed by atoms with Crippen molar-refractivity contribution in [2.24, 2.45) is 4.99 Å². The van der Waals surface area contributed by atoms with Gasteiger partial charge in [-0.15, -0.1) is 0 Å². The second kappa shape index (κ2) is 9.20. The molecule has 0 radical (unpaired) electrons. The molecule has 0 unspecified atom stereocenters. The number of guanidine groups is 1. The number of rotatable bonds is 7. The lowest BCUT2D eigenvalue weighted by atomic mass is 10.1. The van der Waals surface area contributed by atoms with E-state index in [1.807, 2.05) is 0 Å². The number of hydrogen-bond acceptors (Lipinski definition) is 2. The molecule has 0 saturated heterocycles. The fraction of sp³-hybridized carbons (Fsp3) is 0.929. The van der Waals surface area contributed by atoms with Gasteiger partial charge >= 0.3 is 0 Å². The van der Waals surface area contributed by atoms with Crippen LogP contribution in [-0.4, -0.2) is 49.6 Å². The molecule has 0 spiro atoms. The molecule has 0 aromatic carbocycles. The Labute approximate surface area is 113 Å². The first kappa shape index (κ1) is 17.2. The van der Waals surface area contributed by atoms with Gasteiger partial charge in [0.1, 0.15) is 0 Å². The Hall–Kier alpha value is -0.770. The lowest BCUT2D eigenvalue weighted by Gasteiger charge is -2.24. The standard InChI is InChI=1S/C14H32N4/c1-7-9-11-18(6)12-10-16-13(15-8-2)17-14(3,4)5/h7-12H2,1-6H3,(H2,15,16,17). The van der Waals surface area contributed by atoms with Crippen molar-refractivity contribution in [3.8, 4) is 0 Å². The zero-order valence-corrected chi connectivity index (χ0v) is 13.1. The monoisotopic (exact) mass is 256 g/mol. The van der Waals surface area contributed by atoms with E-state index < -0.39 is 0 Å². The van der Waals surface area contributed by atoms with Gasteiger partial charge in [0.05, 0.1) is 6.54 Å². The van der Waals surface area contributed by atoms with Crippen molar-refractivity contribution in [1.29, 1.82) is 0 Å². The van der Waals surface area contributed by atoms with Crippen molar-refractivity contribution < 1.29 is 0 Å². The van der Waals surface area contributed by atoms with Gasteiger partial charge in [-0.3, -0.25) is 4.99 Å². The average molecular weight is 256 g/mol. The first-order valence-corrected chi connectivity index (χ1v) is 7.14. The highest BCUT2D eigenvalue weighted by Crippen LogP contribution is 1.98. The number of hydrogen-bond donors (Lipinski definition) is 2. The van der Waals surface area contributed by atoms with Crippen molar-refractivity contribution >= 4 is 5.96 Å². The molecule has 0 aliphatic carbocycles. The third-order valence-electron chi connectivity index (χ3n) is 2.48. The fourth-order valence-corrected chi connectivity index (χ4v) is 1.53. The molecule has 18 heavy (non-hydrogen) atoms. The number of aliphatic imine (C=N–C) groups is 1. The minimum absolute atomic E-state index is 0.0507. The molecule has 0 aliphatic rings. The second-order valence-corrected chi connectivity index (χ2v) is 5.79. The third-order valence-corrected chi connectivity index (χ3v) is 2.48. The van der Waals surface area contributed by atoms with E-state index in [0.717, 1.165) is 32.1 Å². The Kier molecular flexibility index (Phi) is 8.81. The van der Waals surface area contributed by atoms with Crippen molar-refractivity contribution in [1.82, 2.24) is 15.5 Å². The Morgan fingerprint density at radius 3 is 2.33 bits per heavy atom. The molecule has 0 saturated carbocycles. The normalized spacial score (nSPS) is 12.9. The summed E-state index contributed by atoms with van der Waals surface area (Å²) in [6.45, 7) is 14.7. The number of likely N-dealkylation sites (N-methyl/N-ethyl adjacent to an activating group) is 1. The van der Waals surface area contributed by atoms with E-state index in [1.165, 1.54) is 12.8 Å². The topological polar surface area (TPSA) is 39.7 Å². The molecule has 2 N–H and O–H groups in total. The van der Waals surface area contributed by atoms with Gasteiger partial charge in [-0.1, -0.05) is 13.3 Å². The Bertz CT molecular complexity index is 230. The van der Waals surface area contributed by atoms with Crippen molar-refractivity contribution in [2.45, 2.75) is 53.0 Å². The quantitative estimate of drug-likeness (QED) is 0.541. The SMILES string of the molecule is CCCCN(C)CCN=C(NCC)NC(C)(C)C. The van der Waals surface area contributed by atoms with Gasteiger partial charge in [-0.2, -0.15) is 0 Å². The molecule has 0 aliphatic heterocycles. The predicted octanol–water partition coefficient (Wildman–Crippen LogP) is 2.07. The third kappa shape index (κ3) is 10.4. The highest BCUT2D eigenvalue weighted by atomic mass is 15.2. The Morgan fingerprint density at radius 2 is 1.83 bits per heavy atom. The van der Waals surface area contributed by atoms with E-state index in [1.54, 1.807) is 0 Å². The van der Waals surface area contributed by atoms with Crippen LogP contribution in [0.1, 0.15) is 47.5 Å². The van der Waals surface area contributed by atoms with Crippen molar-refractivity contribution in [2.75, 3.05) is 33.2 Å². The van der Waals surface area contributed by atoms with E-state index in [0.29, 0.717) is 0 Å². The molecule has 0 heterocycles. The first-order chi connectivity index (χ1) is 8.39. The number of unbranched alkanes of at least 4 members (excludes halogenated alkanes) is 1. The van der Waals surface area contributed by atoms with Crippen LogP contribution in [0.15, 0.2) is 4.99 Å². The second-order valence-electron chi connectivity index (χ2n) is 5.79. The minimum atomic E-state index is 0.0507. The molecule has 0 bridgehead atoms. The largest absolute Gasteiger partial charge is 0.357 e. The predicted molar refractivity (Wildman–Crippen MR) is 81.3 cm³/mol. The summed E-state index contributed by atoms with van der Waals surface area (Å²) in [4.78, 5) is 6.94. The molecule has 0 amide bonds. The molecule has 0 aromatic heterocycles. The molecule has 0 atom stereocenters. The van der Waals surface area contributed by atoms with Gasteiger partial charge in [0, 0.05) is 18.6 Å². The molecule has 0 rings (SSSR count). The summed E-state index contributed by atoms with van der Waals surface area (Å²) in [6.07, 6.45) is 2.52. The van der Waals surface area contributed by atoms with Crippen LogP contribution in [0.5, 0.6) is 0 Å². The van der Waals surface area contributed by atoms with E-state index in [4.69, 9.17) is 0 Å². The van der Waals surface area contributed by atoms with Crippen LogP contribution in [0.3, 0.4) is 0 Å². The fourth-order valence-electron chi connectivity index (χ4n) is 1.53. The summed E-state index contributed by atoms with van der Waals surface area (Å²) in [5.41, 5.74) is 0.0507. The molecule has 4 heteroatoms. The summed E-state index contributed by atoms with van der Waals surface area (Å²) in [5, 5.41) is 6.67. The molecule has 4 nitrogen and oxygen atoms in total. The van der Waals surface area contributed by atoms with Gasteiger partial charge in [-0.05, 0) is 47.7 Å². The van der Waals surface area contributed by atoms with E-state index in [2.05, 4.69) is 62.2 Å². The Balaban J connectivity index is 4.07. The molecular weight excluding hydrogens is 224 g/mol. The highest BCUT2D eigenvalue weighted by molar-refractivity contribution is 5.80. The average Bonchev–Trinajstić information content (AvgIpc) is 2.24. The maximum Gasteiger partial charge on any atom is 0.191 e. The summed E-state index contributed by atoms with van der Waals surface area (Å²) in [7, 11) is 2.16. The summed E-state index contributed by atoms with van der Waals surface area (Å²) >= 11 is 0. The highest BCUT2D eigenvalue weighted by Gasteiger charge is 2.11. The summed E-state index contributed by atoms with van der Waals surface area (Å²) < 4.78 is 0. The van der Waals surface area contributed by atoms with Gasteiger partial charge in [0.2, 0.25) is 0 Å². The molecule has 0 fully saturated rings. The van der Waals surface area contributed by atoms with Crippen LogP contribution < -0.4 is 10.6 Å². The first-order valence-electron chi connectivity index (χ1n) is 7.14. The Morgan fingerprint density at radius 1 is 1.17 bits per heavy atom. The zero-order chi connectivity index (χ0) is 14.0. The lowest BCUT2D eigenvalue weighted by Crippen LogP contribution is -2.47. The van der Waals surface area contributed by atoms with Crippen LogP contribution in [0.25, 0.3) is 0 Å². The summed E-state index contributed by atoms with van der Waals surface area (Å²) in [5.74, 6) is 0.911. The van der Waals surface area contributed by atoms with E-state index in [9.17, 15) is 0 Å². The minimum Gasteiger partial charge on any atom is -0.357 e. The number of nitrogens with zero attached hydrogens (tertiary/aromatic N) is 2. The van der Waals surface area contributed by atoms with Gasteiger partial charge in [0.15, 0.2) is 5.96 Å². The molecular formula is C14H32N4. The van der Waals surface area contributed by atoms with Crippen molar-refractivity contribution in [3.63, 3.8) is 0 Å². The summed E-state index contributed by atoms with van der Waals surface area (Å²) in [6, 6.07) is 0. The lowest BCUT2D eigenvalue weighted by molar-refractivity contribution is 0.337.